The van der Waals surface area contributed by atoms with Crippen LogP contribution in [0.5, 0.6) is 0 Å². The van der Waals surface area contributed by atoms with E-state index in [4.69, 9.17) is 9.47 Å². The highest BCUT2D eigenvalue weighted by Crippen LogP contribution is 2.15. The predicted molar refractivity (Wildman–Crippen MR) is 89.1 cm³/mol. The van der Waals surface area contributed by atoms with Crippen LogP contribution in [-0.4, -0.2) is 39.3 Å². The van der Waals surface area contributed by atoms with E-state index in [9.17, 15) is 18.0 Å². The maximum Gasteiger partial charge on any atom is 0.334 e. The Morgan fingerprint density at radius 1 is 1.00 bits per heavy atom. The molecule has 130 valence electrons. The fraction of sp³-hybridized carbons (Fsp3) is 0.294. The molecular weight excluding hydrogens is 332 g/mol. The van der Waals surface area contributed by atoms with Gasteiger partial charge in [-0.25, -0.2) is 18.0 Å². The van der Waals surface area contributed by atoms with Crippen LogP contribution in [0.1, 0.15) is 12.5 Å². The molecule has 0 saturated carbocycles. The van der Waals surface area contributed by atoms with Crippen LogP contribution in [0.2, 0.25) is 0 Å². The van der Waals surface area contributed by atoms with Crippen molar-refractivity contribution in [1.82, 2.24) is 0 Å². The number of carbonyl (C=O) groups excluding carboxylic acids is 2. The second kappa shape index (κ2) is 8.44. The van der Waals surface area contributed by atoms with Gasteiger partial charge in [0.2, 0.25) is 0 Å². The average Bonchev–Trinajstić information content (AvgIpc) is 2.50. The van der Waals surface area contributed by atoms with Gasteiger partial charge in [0.25, 0.3) is 0 Å². The second-order valence-electron chi connectivity index (χ2n) is 5.23. The number of aryl methyl sites for hydroxylation is 1. The largest absolute Gasteiger partial charge is 0.459 e. The van der Waals surface area contributed by atoms with Crippen LogP contribution in [0.3, 0.4) is 0 Å². The Hall–Kier alpha value is -2.41. The van der Waals surface area contributed by atoms with E-state index in [0.29, 0.717) is 0 Å². The Bertz CT molecular complexity index is 744. The van der Waals surface area contributed by atoms with Crippen LogP contribution in [0.25, 0.3) is 0 Å². The summed E-state index contributed by atoms with van der Waals surface area (Å²) in [6.45, 7) is 9.85. The molecule has 0 saturated heterocycles. The molecule has 7 heteroatoms. The first-order chi connectivity index (χ1) is 11.1. The molecule has 24 heavy (non-hydrogen) atoms. The first-order valence-corrected chi connectivity index (χ1v) is 8.75. The summed E-state index contributed by atoms with van der Waals surface area (Å²) in [6.07, 6.45) is 0. The molecule has 0 amide bonds. The highest BCUT2D eigenvalue weighted by atomic mass is 32.2. The minimum Gasteiger partial charge on any atom is -0.459 e. The van der Waals surface area contributed by atoms with E-state index in [1.54, 1.807) is 12.1 Å². The summed E-state index contributed by atoms with van der Waals surface area (Å²) >= 11 is 0. The first-order valence-electron chi connectivity index (χ1n) is 7.10. The number of esters is 2. The molecule has 0 heterocycles. The summed E-state index contributed by atoms with van der Waals surface area (Å²) in [4.78, 5) is 23.0. The van der Waals surface area contributed by atoms with E-state index in [1.807, 2.05) is 6.92 Å². The Balaban J connectivity index is 2.51. The molecule has 0 atom stereocenters. The third-order valence-corrected chi connectivity index (χ3v) is 4.65. The van der Waals surface area contributed by atoms with Gasteiger partial charge in [-0.15, -0.1) is 0 Å². The van der Waals surface area contributed by atoms with Crippen molar-refractivity contribution in [3.8, 4) is 0 Å². The molecule has 0 aliphatic carbocycles. The lowest BCUT2D eigenvalue weighted by atomic mass is 10.2. The molecule has 0 aromatic heterocycles. The zero-order valence-electron chi connectivity index (χ0n) is 13.7. The first kappa shape index (κ1) is 19.6. The zero-order valence-corrected chi connectivity index (χ0v) is 14.5. The SMILES string of the molecule is C=C(C)C(=O)OCCOC(=O)C(=C)CS(=O)(=O)c1ccc(C)cc1. The molecule has 0 radical (unpaired) electrons. The van der Waals surface area contributed by atoms with Gasteiger partial charge in [-0.3, -0.25) is 0 Å². The van der Waals surface area contributed by atoms with Gasteiger partial charge in [0.05, 0.1) is 10.6 Å². The summed E-state index contributed by atoms with van der Waals surface area (Å²) in [6, 6.07) is 6.29. The van der Waals surface area contributed by atoms with Crippen molar-refractivity contribution in [2.75, 3.05) is 19.0 Å². The number of hydrogen-bond acceptors (Lipinski definition) is 6. The van der Waals surface area contributed by atoms with Crippen molar-refractivity contribution in [3.63, 3.8) is 0 Å². The van der Waals surface area contributed by atoms with Crippen LogP contribution in [0, 0.1) is 6.92 Å². The van der Waals surface area contributed by atoms with Crippen LogP contribution >= 0.6 is 0 Å². The summed E-state index contributed by atoms with van der Waals surface area (Å²) in [5.41, 5.74) is 0.966. The van der Waals surface area contributed by atoms with Crippen LogP contribution < -0.4 is 0 Å². The number of sulfone groups is 1. The third-order valence-electron chi connectivity index (χ3n) is 2.93. The lowest BCUT2D eigenvalue weighted by molar-refractivity contribution is -0.147. The lowest BCUT2D eigenvalue weighted by Gasteiger charge is -2.09. The fourth-order valence-corrected chi connectivity index (χ4v) is 2.91. The zero-order chi connectivity index (χ0) is 18.3. The van der Waals surface area contributed by atoms with Crippen LogP contribution in [0.15, 0.2) is 53.5 Å². The minimum absolute atomic E-state index is 0.109. The summed E-state index contributed by atoms with van der Waals surface area (Å²) < 4.78 is 34.0. The summed E-state index contributed by atoms with van der Waals surface area (Å²) in [5, 5.41) is 0. The topological polar surface area (TPSA) is 86.7 Å². The van der Waals surface area contributed by atoms with Gasteiger partial charge >= 0.3 is 11.9 Å². The predicted octanol–water partition coefficient (Wildman–Crippen LogP) is 1.99. The maximum atomic E-state index is 12.2. The number of hydrogen-bond donors (Lipinski definition) is 0. The molecule has 1 aromatic rings. The average molecular weight is 352 g/mol. The van der Waals surface area contributed by atoms with E-state index in [1.165, 1.54) is 19.1 Å². The van der Waals surface area contributed by atoms with Gasteiger partial charge in [0.1, 0.15) is 13.2 Å². The normalized spacial score (nSPS) is 10.8. The maximum absolute atomic E-state index is 12.2. The van der Waals surface area contributed by atoms with Crippen molar-refractivity contribution in [1.29, 1.82) is 0 Å². The minimum atomic E-state index is -3.67. The summed E-state index contributed by atoms with van der Waals surface area (Å²) in [5.74, 6) is -1.98. The van der Waals surface area contributed by atoms with E-state index in [-0.39, 0.29) is 29.3 Å². The van der Waals surface area contributed by atoms with Gasteiger partial charge in [-0.05, 0) is 26.0 Å². The molecule has 0 aliphatic rings. The molecule has 0 bridgehead atoms. The van der Waals surface area contributed by atoms with Crippen molar-refractivity contribution in [2.45, 2.75) is 18.7 Å². The quantitative estimate of drug-likeness (QED) is 0.404. The third kappa shape index (κ3) is 6.00. The summed E-state index contributed by atoms with van der Waals surface area (Å²) in [7, 11) is -3.67. The van der Waals surface area contributed by atoms with Crippen LogP contribution in [0.4, 0.5) is 0 Å². The molecule has 0 aliphatic heterocycles. The number of rotatable bonds is 8. The van der Waals surface area contributed by atoms with Crippen molar-refractivity contribution < 1.29 is 27.5 Å². The lowest BCUT2D eigenvalue weighted by Crippen LogP contribution is -2.19. The fourth-order valence-electron chi connectivity index (χ4n) is 1.61. The van der Waals surface area contributed by atoms with E-state index < -0.39 is 27.5 Å². The molecular formula is C17H20O6S. The van der Waals surface area contributed by atoms with E-state index in [0.717, 1.165) is 5.56 Å². The highest BCUT2D eigenvalue weighted by molar-refractivity contribution is 7.91. The van der Waals surface area contributed by atoms with E-state index in [2.05, 4.69) is 13.2 Å². The Labute approximate surface area is 141 Å². The molecule has 6 nitrogen and oxygen atoms in total. The molecule has 0 spiro atoms. The Morgan fingerprint density at radius 3 is 2.00 bits per heavy atom. The second-order valence-corrected chi connectivity index (χ2v) is 7.22. The Morgan fingerprint density at radius 2 is 1.50 bits per heavy atom. The smallest absolute Gasteiger partial charge is 0.334 e. The Kier molecular flexibility index (Phi) is 6.91. The molecule has 0 N–H and O–H groups in total. The van der Waals surface area contributed by atoms with Gasteiger partial charge in [0.15, 0.2) is 9.84 Å². The van der Waals surface area contributed by atoms with Crippen molar-refractivity contribution >= 4 is 21.8 Å². The molecule has 1 aromatic carbocycles. The van der Waals surface area contributed by atoms with Gasteiger partial charge in [-0.2, -0.15) is 0 Å². The van der Waals surface area contributed by atoms with E-state index >= 15 is 0 Å². The standard InChI is InChI=1S/C17H20O6S/c1-12(2)16(18)22-9-10-23-17(19)14(4)11-24(20,21)15-7-5-13(3)6-8-15/h5-8H,1,4,9-11H2,2-3H3. The number of benzene rings is 1. The molecule has 0 fully saturated rings. The monoisotopic (exact) mass is 352 g/mol. The van der Waals surface area contributed by atoms with Crippen LogP contribution in [-0.2, 0) is 28.9 Å². The highest BCUT2D eigenvalue weighted by Gasteiger charge is 2.20. The number of ether oxygens (including phenoxy) is 2. The van der Waals surface area contributed by atoms with Crippen molar-refractivity contribution in [2.24, 2.45) is 0 Å². The van der Waals surface area contributed by atoms with Gasteiger partial charge < -0.3 is 9.47 Å². The van der Waals surface area contributed by atoms with Crippen molar-refractivity contribution in [3.05, 3.63) is 54.1 Å². The van der Waals surface area contributed by atoms with Gasteiger partial charge in [-0.1, -0.05) is 30.9 Å². The van der Waals surface area contributed by atoms with Gasteiger partial charge in [0, 0.05) is 11.1 Å². The molecule has 1 rings (SSSR count). The number of carbonyl (C=O) groups is 2. The molecule has 0 unspecified atom stereocenters.